The number of nitrogens with one attached hydrogen (secondary N) is 1. The molecule has 1 aromatic rings. The minimum Gasteiger partial charge on any atom is -0.312 e. The fourth-order valence-electron chi connectivity index (χ4n) is 1.73. The third kappa shape index (κ3) is 3.56. The Labute approximate surface area is 114 Å². The molecule has 0 saturated carbocycles. The van der Waals surface area contributed by atoms with Gasteiger partial charge in [0.2, 0.25) is 0 Å². The maximum absolute atomic E-state index is 11.9. The van der Waals surface area contributed by atoms with Gasteiger partial charge in [0.15, 0.2) is 0 Å². The molecule has 108 valence electrons. The Kier molecular flexibility index (Phi) is 4.74. The van der Waals surface area contributed by atoms with Gasteiger partial charge in [-0.25, -0.2) is 4.79 Å². The minimum absolute atomic E-state index is 0.173. The van der Waals surface area contributed by atoms with E-state index < -0.39 is 0 Å². The summed E-state index contributed by atoms with van der Waals surface area (Å²) in [5.41, 5.74) is 0.268. The normalized spacial score (nSPS) is 12.2. The fraction of sp³-hybridized carbons (Fsp3) is 0.714. The van der Waals surface area contributed by atoms with Crippen molar-refractivity contribution < 1.29 is 0 Å². The topological polar surface area (TPSA) is 56.0 Å². The first kappa shape index (κ1) is 15.7. The summed E-state index contributed by atoms with van der Waals surface area (Å²) in [4.78, 5) is 23.5. The van der Waals surface area contributed by atoms with Crippen LogP contribution in [0.1, 0.15) is 33.3 Å². The van der Waals surface area contributed by atoms with Crippen LogP contribution in [0.25, 0.3) is 0 Å². The molecule has 1 rings (SSSR count). The maximum Gasteiger partial charge on any atom is 0.330 e. The highest BCUT2D eigenvalue weighted by atomic mass is 16.2. The summed E-state index contributed by atoms with van der Waals surface area (Å²) in [7, 11) is 3.16. The lowest BCUT2D eigenvalue weighted by atomic mass is 9.81. The first-order valence-electron chi connectivity index (χ1n) is 6.63. The number of rotatable bonds is 5. The number of hydrogen-bond acceptors (Lipinski definition) is 3. The Morgan fingerprint density at radius 3 is 2.37 bits per heavy atom. The van der Waals surface area contributed by atoms with Crippen LogP contribution in [0.3, 0.4) is 0 Å². The zero-order valence-electron chi connectivity index (χ0n) is 12.8. The summed E-state index contributed by atoms with van der Waals surface area (Å²) in [5, 5.41) is 3.31. The van der Waals surface area contributed by atoms with E-state index in [0.29, 0.717) is 18.0 Å². The van der Waals surface area contributed by atoms with Crippen LogP contribution in [-0.4, -0.2) is 15.7 Å². The zero-order valence-corrected chi connectivity index (χ0v) is 12.8. The van der Waals surface area contributed by atoms with Gasteiger partial charge in [0.05, 0.1) is 0 Å². The lowest BCUT2D eigenvalue weighted by molar-refractivity contribution is 0.237. The van der Waals surface area contributed by atoms with Crippen molar-refractivity contribution in [1.82, 2.24) is 14.5 Å². The molecule has 0 saturated heterocycles. The fourth-order valence-corrected chi connectivity index (χ4v) is 1.73. The molecule has 0 aliphatic rings. The Hall–Kier alpha value is -1.36. The van der Waals surface area contributed by atoms with Crippen LogP contribution in [0.2, 0.25) is 0 Å². The highest BCUT2D eigenvalue weighted by Gasteiger charge is 2.21. The third-order valence-corrected chi connectivity index (χ3v) is 3.98. The second-order valence-corrected chi connectivity index (χ2v) is 6.16. The van der Waals surface area contributed by atoms with Gasteiger partial charge in [-0.05, 0) is 11.3 Å². The predicted octanol–water partition coefficient (Wildman–Crippen LogP) is 0.856. The Balaban J connectivity index is 2.81. The van der Waals surface area contributed by atoms with Crippen molar-refractivity contribution >= 4 is 0 Å². The van der Waals surface area contributed by atoms with Gasteiger partial charge >= 0.3 is 5.69 Å². The van der Waals surface area contributed by atoms with Gasteiger partial charge in [-0.15, -0.1) is 0 Å². The van der Waals surface area contributed by atoms with Crippen LogP contribution in [0.5, 0.6) is 0 Å². The molecular weight excluding hydrogens is 242 g/mol. The van der Waals surface area contributed by atoms with Crippen molar-refractivity contribution in [2.24, 2.45) is 25.4 Å². The lowest BCUT2D eigenvalue weighted by Gasteiger charge is -2.29. The molecule has 5 nitrogen and oxygen atoms in total. The standard InChI is InChI=1S/C14H25N3O2/c1-10(2)14(3,4)9-15-7-11-8-16(5)13(19)17(6)12(11)18/h8,10,15H,7,9H2,1-6H3. The van der Waals surface area contributed by atoms with E-state index in [1.807, 2.05) is 0 Å². The molecule has 0 aliphatic heterocycles. The molecule has 0 spiro atoms. The van der Waals surface area contributed by atoms with Crippen molar-refractivity contribution in [2.45, 2.75) is 34.2 Å². The van der Waals surface area contributed by atoms with E-state index in [0.717, 1.165) is 11.1 Å². The Morgan fingerprint density at radius 1 is 1.26 bits per heavy atom. The molecule has 1 heterocycles. The van der Waals surface area contributed by atoms with Crippen molar-refractivity contribution in [3.63, 3.8) is 0 Å². The minimum atomic E-state index is -0.295. The second kappa shape index (κ2) is 5.74. The molecule has 5 heteroatoms. The molecule has 19 heavy (non-hydrogen) atoms. The van der Waals surface area contributed by atoms with Crippen LogP contribution in [-0.2, 0) is 20.6 Å². The average Bonchev–Trinajstić information content (AvgIpc) is 2.32. The quantitative estimate of drug-likeness (QED) is 0.860. The van der Waals surface area contributed by atoms with E-state index in [2.05, 4.69) is 33.0 Å². The average molecular weight is 267 g/mol. The maximum atomic E-state index is 11.9. The number of nitrogens with zero attached hydrogens (tertiary/aromatic N) is 2. The summed E-state index contributed by atoms with van der Waals surface area (Å²) in [6.45, 7) is 10.1. The summed E-state index contributed by atoms with van der Waals surface area (Å²) in [5.74, 6) is 0.558. The molecule has 0 aromatic carbocycles. The largest absolute Gasteiger partial charge is 0.330 e. The molecule has 0 atom stereocenters. The van der Waals surface area contributed by atoms with E-state index in [4.69, 9.17) is 0 Å². The first-order chi connectivity index (χ1) is 8.66. The highest BCUT2D eigenvalue weighted by Crippen LogP contribution is 2.24. The van der Waals surface area contributed by atoms with Gasteiger partial charge in [0.25, 0.3) is 5.56 Å². The van der Waals surface area contributed by atoms with Gasteiger partial charge in [-0.1, -0.05) is 27.7 Å². The van der Waals surface area contributed by atoms with Gasteiger partial charge in [0.1, 0.15) is 0 Å². The molecule has 0 bridgehead atoms. The zero-order chi connectivity index (χ0) is 14.8. The van der Waals surface area contributed by atoms with Crippen molar-refractivity contribution in [3.05, 3.63) is 32.6 Å². The summed E-state index contributed by atoms with van der Waals surface area (Å²) in [6.07, 6.45) is 1.61. The van der Waals surface area contributed by atoms with Crippen LogP contribution < -0.4 is 16.6 Å². The Bertz CT molecular complexity index is 553. The second-order valence-electron chi connectivity index (χ2n) is 6.16. The number of hydrogen-bond donors (Lipinski definition) is 1. The monoisotopic (exact) mass is 267 g/mol. The van der Waals surface area contributed by atoms with E-state index in [9.17, 15) is 9.59 Å². The lowest BCUT2D eigenvalue weighted by Crippen LogP contribution is -2.40. The molecular formula is C14H25N3O2. The van der Waals surface area contributed by atoms with Gasteiger partial charge in [-0.3, -0.25) is 9.36 Å². The first-order valence-corrected chi connectivity index (χ1v) is 6.63. The van der Waals surface area contributed by atoms with Crippen molar-refractivity contribution in [2.75, 3.05) is 6.54 Å². The summed E-state index contributed by atoms with van der Waals surface area (Å²) >= 11 is 0. The van der Waals surface area contributed by atoms with E-state index >= 15 is 0 Å². The van der Waals surface area contributed by atoms with Crippen LogP contribution in [0.4, 0.5) is 0 Å². The van der Waals surface area contributed by atoms with E-state index in [1.54, 1.807) is 13.2 Å². The van der Waals surface area contributed by atoms with Crippen LogP contribution >= 0.6 is 0 Å². The SMILES string of the molecule is CC(C)C(C)(C)CNCc1cn(C)c(=O)n(C)c1=O. The molecule has 0 unspecified atom stereocenters. The highest BCUT2D eigenvalue weighted by molar-refractivity contribution is 5.05. The number of aryl methyl sites for hydroxylation is 1. The molecule has 0 amide bonds. The van der Waals surface area contributed by atoms with E-state index in [1.165, 1.54) is 11.6 Å². The Morgan fingerprint density at radius 2 is 1.84 bits per heavy atom. The van der Waals surface area contributed by atoms with Crippen molar-refractivity contribution in [1.29, 1.82) is 0 Å². The molecule has 0 radical (unpaired) electrons. The molecule has 1 aromatic heterocycles. The van der Waals surface area contributed by atoms with Gasteiger partial charge in [-0.2, -0.15) is 0 Å². The number of aromatic nitrogens is 2. The van der Waals surface area contributed by atoms with Crippen molar-refractivity contribution in [3.8, 4) is 0 Å². The van der Waals surface area contributed by atoms with Crippen LogP contribution in [0.15, 0.2) is 15.8 Å². The van der Waals surface area contributed by atoms with Gasteiger partial charge in [0, 0.05) is 38.9 Å². The predicted molar refractivity (Wildman–Crippen MR) is 77.2 cm³/mol. The summed E-state index contributed by atoms with van der Waals surface area (Å²) in [6, 6.07) is 0. The molecule has 0 aliphatic carbocycles. The van der Waals surface area contributed by atoms with E-state index in [-0.39, 0.29) is 16.7 Å². The smallest absolute Gasteiger partial charge is 0.312 e. The molecule has 0 fully saturated rings. The summed E-state index contributed by atoms with van der Waals surface area (Å²) < 4.78 is 2.58. The van der Waals surface area contributed by atoms with Crippen LogP contribution in [0, 0.1) is 11.3 Å². The van der Waals surface area contributed by atoms with Gasteiger partial charge < -0.3 is 9.88 Å². The third-order valence-electron chi connectivity index (χ3n) is 3.98. The molecule has 1 N–H and O–H groups in total.